The van der Waals surface area contributed by atoms with Crippen LogP contribution in [0.15, 0.2) is 58.5 Å². The first kappa shape index (κ1) is 17.8. The van der Waals surface area contributed by atoms with E-state index in [4.69, 9.17) is 0 Å². The number of H-pyrrole nitrogens is 1. The molecule has 0 amide bonds. The van der Waals surface area contributed by atoms with Crippen LogP contribution in [0.3, 0.4) is 0 Å². The normalized spacial score (nSPS) is 11.2. The average molecular weight is 396 g/mol. The zero-order chi connectivity index (χ0) is 19.0. The number of hydrogen-bond donors (Lipinski definition) is 1. The van der Waals surface area contributed by atoms with Gasteiger partial charge in [-0.1, -0.05) is 29.8 Å². The fraction of sp³-hybridized carbons (Fsp3) is 0.150. The number of fused-ring (bicyclic) bond motifs is 1. The van der Waals surface area contributed by atoms with Crippen molar-refractivity contribution in [3.8, 4) is 11.1 Å². The lowest BCUT2D eigenvalue weighted by molar-refractivity contribution is -0.645. The summed E-state index contributed by atoms with van der Waals surface area (Å²) in [6.07, 6.45) is 1.46. The van der Waals surface area contributed by atoms with Crippen molar-refractivity contribution < 1.29 is 4.73 Å². The first-order valence-corrected chi connectivity index (χ1v) is 10.2. The molecule has 0 radical (unpaired) electrons. The monoisotopic (exact) mass is 395 g/mol. The molecule has 5 nitrogen and oxygen atoms in total. The van der Waals surface area contributed by atoms with E-state index in [-0.39, 0.29) is 5.56 Å². The van der Waals surface area contributed by atoms with E-state index in [1.54, 1.807) is 12.1 Å². The maximum atomic E-state index is 12.8. The van der Waals surface area contributed by atoms with Gasteiger partial charge in [-0.3, -0.25) is 4.79 Å². The van der Waals surface area contributed by atoms with Crippen molar-refractivity contribution >= 4 is 33.3 Å². The number of nitrogens with zero attached hydrogens (tertiary/aromatic N) is 2. The third-order valence-corrected chi connectivity index (χ3v) is 6.30. The number of thiophene rings is 1. The van der Waals surface area contributed by atoms with Crippen molar-refractivity contribution in [3.63, 3.8) is 0 Å². The Morgan fingerprint density at radius 2 is 1.96 bits per heavy atom. The van der Waals surface area contributed by atoms with Gasteiger partial charge in [-0.2, -0.15) is 4.73 Å². The maximum Gasteiger partial charge on any atom is 0.260 e. The van der Waals surface area contributed by atoms with Crippen LogP contribution in [0, 0.1) is 19.1 Å². The molecule has 0 aliphatic carbocycles. The van der Waals surface area contributed by atoms with Crippen molar-refractivity contribution in [2.75, 3.05) is 0 Å². The third kappa shape index (κ3) is 3.48. The molecule has 0 aliphatic heterocycles. The number of nitrogens with one attached hydrogen (secondary N) is 1. The standard InChI is InChI=1S/C20H17N3O2S2/c1-12-6-8-14(9-7-12)17-13(2)27-20-18(17)19(24)21-15(22-20)11-26-16-5-3-4-10-23(16)25/h3-10H,11H2,1-2H3,(H,21,22,24). The van der Waals surface area contributed by atoms with Crippen molar-refractivity contribution in [3.05, 3.63) is 80.5 Å². The molecular formula is C20H17N3O2S2. The molecule has 27 heavy (non-hydrogen) atoms. The van der Waals surface area contributed by atoms with Crippen LogP contribution in [0.5, 0.6) is 0 Å². The van der Waals surface area contributed by atoms with Crippen LogP contribution in [0.25, 0.3) is 21.3 Å². The second-order valence-corrected chi connectivity index (χ2v) is 8.44. The van der Waals surface area contributed by atoms with Gasteiger partial charge in [0, 0.05) is 22.6 Å². The molecule has 0 fully saturated rings. The smallest absolute Gasteiger partial charge is 0.260 e. The first-order valence-electron chi connectivity index (χ1n) is 8.43. The Bertz CT molecular complexity index is 1180. The van der Waals surface area contributed by atoms with Gasteiger partial charge in [0.05, 0.1) is 11.1 Å². The molecule has 1 aromatic carbocycles. The molecule has 0 saturated heterocycles. The Kier molecular flexibility index (Phi) is 4.72. The minimum atomic E-state index is -0.140. The first-order chi connectivity index (χ1) is 13.0. The number of thioether (sulfide) groups is 1. The van der Waals surface area contributed by atoms with E-state index < -0.39 is 0 Å². The lowest BCUT2D eigenvalue weighted by Crippen LogP contribution is -2.27. The third-order valence-electron chi connectivity index (χ3n) is 4.27. The number of aromatic nitrogens is 3. The quantitative estimate of drug-likeness (QED) is 0.319. The van der Waals surface area contributed by atoms with E-state index in [2.05, 4.69) is 9.97 Å². The van der Waals surface area contributed by atoms with E-state index in [1.807, 2.05) is 44.2 Å². The molecule has 4 rings (SSSR count). The highest BCUT2D eigenvalue weighted by molar-refractivity contribution is 7.98. The minimum absolute atomic E-state index is 0.140. The molecule has 0 unspecified atom stereocenters. The van der Waals surface area contributed by atoms with Crippen LogP contribution in [0.4, 0.5) is 0 Å². The largest absolute Gasteiger partial charge is 0.618 e. The molecule has 4 aromatic rings. The van der Waals surface area contributed by atoms with E-state index in [0.717, 1.165) is 25.6 Å². The molecule has 0 saturated carbocycles. The second-order valence-electron chi connectivity index (χ2n) is 6.25. The van der Waals surface area contributed by atoms with Gasteiger partial charge in [0.1, 0.15) is 10.7 Å². The zero-order valence-corrected chi connectivity index (χ0v) is 16.5. The van der Waals surface area contributed by atoms with Gasteiger partial charge in [0.15, 0.2) is 6.20 Å². The SMILES string of the molecule is Cc1ccc(-c2c(C)sc3nc(CSc4cccc[n+]4[O-])[nH]c(=O)c23)cc1. The molecule has 7 heteroatoms. The summed E-state index contributed by atoms with van der Waals surface area (Å²) in [6.45, 7) is 4.05. The van der Waals surface area contributed by atoms with E-state index >= 15 is 0 Å². The van der Waals surface area contributed by atoms with Gasteiger partial charge in [-0.15, -0.1) is 11.3 Å². The van der Waals surface area contributed by atoms with Crippen LogP contribution in [0.2, 0.25) is 0 Å². The van der Waals surface area contributed by atoms with Gasteiger partial charge in [-0.25, -0.2) is 4.98 Å². The van der Waals surface area contributed by atoms with Crippen molar-refractivity contribution in [1.82, 2.24) is 9.97 Å². The van der Waals surface area contributed by atoms with Crippen LogP contribution in [-0.2, 0) is 5.75 Å². The Morgan fingerprint density at radius 1 is 1.19 bits per heavy atom. The molecular weight excluding hydrogens is 378 g/mol. The van der Waals surface area contributed by atoms with Gasteiger partial charge in [-0.05, 0) is 37.2 Å². The number of pyridine rings is 1. The molecule has 0 spiro atoms. The Labute approximate surface area is 164 Å². The number of aromatic amines is 1. The highest BCUT2D eigenvalue weighted by atomic mass is 32.2. The summed E-state index contributed by atoms with van der Waals surface area (Å²) in [7, 11) is 0. The van der Waals surface area contributed by atoms with Crippen LogP contribution in [-0.4, -0.2) is 9.97 Å². The number of hydrogen-bond acceptors (Lipinski definition) is 5. The Hall–Kier alpha value is -2.64. The Morgan fingerprint density at radius 3 is 2.70 bits per heavy atom. The molecule has 0 atom stereocenters. The summed E-state index contributed by atoms with van der Waals surface area (Å²) < 4.78 is 0.812. The van der Waals surface area contributed by atoms with Crippen molar-refractivity contribution in [1.29, 1.82) is 0 Å². The topological polar surface area (TPSA) is 72.7 Å². The molecule has 1 N–H and O–H groups in total. The summed E-state index contributed by atoms with van der Waals surface area (Å²) in [4.78, 5) is 22.1. The highest BCUT2D eigenvalue weighted by Crippen LogP contribution is 2.35. The van der Waals surface area contributed by atoms with Crippen LogP contribution < -0.4 is 10.3 Å². The van der Waals surface area contributed by atoms with Crippen molar-refractivity contribution in [2.45, 2.75) is 24.6 Å². The van der Waals surface area contributed by atoms with Gasteiger partial charge < -0.3 is 10.2 Å². The molecule has 0 bridgehead atoms. The maximum absolute atomic E-state index is 12.8. The molecule has 0 aliphatic rings. The van der Waals surface area contributed by atoms with E-state index in [1.165, 1.54) is 34.9 Å². The summed E-state index contributed by atoms with van der Waals surface area (Å²) in [6, 6.07) is 13.4. The molecule has 136 valence electrons. The number of benzene rings is 1. The number of aryl methyl sites for hydroxylation is 2. The number of rotatable bonds is 4. The minimum Gasteiger partial charge on any atom is -0.618 e. The van der Waals surface area contributed by atoms with E-state index in [0.29, 0.717) is 22.0 Å². The predicted molar refractivity (Wildman–Crippen MR) is 110 cm³/mol. The van der Waals surface area contributed by atoms with E-state index in [9.17, 15) is 10.0 Å². The fourth-order valence-corrected chi connectivity index (χ4v) is 4.82. The summed E-state index contributed by atoms with van der Waals surface area (Å²) in [5.74, 6) is 0.992. The summed E-state index contributed by atoms with van der Waals surface area (Å²) in [5.41, 5.74) is 3.01. The average Bonchev–Trinajstić information content (AvgIpc) is 2.98. The lowest BCUT2D eigenvalue weighted by Gasteiger charge is -2.04. The van der Waals surface area contributed by atoms with Gasteiger partial charge >= 0.3 is 0 Å². The van der Waals surface area contributed by atoms with Crippen LogP contribution in [0.1, 0.15) is 16.3 Å². The van der Waals surface area contributed by atoms with Gasteiger partial charge in [0.2, 0.25) is 0 Å². The fourth-order valence-electron chi connectivity index (χ4n) is 2.97. The predicted octanol–water partition coefficient (Wildman–Crippen LogP) is 4.19. The summed E-state index contributed by atoms with van der Waals surface area (Å²) in [5, 5.41) is 13.0. The second kappa shape index (κ2) is 7.17. The summed E-state index contributed by atoms with van der Waals surface area (Å²) >= 11 is 2.87. The zero-order valence-electron chi connectivity index (χ0n) is 14.9. The molecule has 3 heterocycles. The van der Waals surface area contributed by atoms with Gasteiger partial charge in [0.25, 0.3) is 10.6 Å². The van der Waals surface area contributed by atoms with Crippen LogP contribution >= 0.6 is 23.1 Å². The molecule has 3 aromatic heterocycles. The Balaban J connectivity index is 1.72. The highest BCUT2D eigenvalue weighted by Gasteiger charge is 2.17. The lowest BCUT2D eigenvalue weighted by atomic mass is 10.0. The van der Waals surface area contributed by atoms with Crippen molar-refractivity contribution in [2.24, 2.45) is 0 Å².